The Labute approximate surface area is 167 Å². The number of carbonyl (C=O) groups excluding carboxylic acids is 1. The standard InChI is InChI=1S/C23H31N3O2/c1-18-12-19(2)14-20(13-18)15-28-26-22-10-6-7-11-23(22,25-16-24-17-27)21-8-4-3-5-9-21/h3-5,8-9,12-14,17,22,25-26H,6-7,10-11,15-16H2,1-2H3,(H,24,27). The van der Waals surface area contributed by atoms with Crippen LogP contribution >= 0.6 is 0 Å². The van der Waals surface area contributed by atoms with Gasteiger partial charge in [0.1, 0.15) is 0 Å². The summed E-state index contributed by atoms with van der Waals surface area (Å²) >= 11 is 0. The molecule has 3 N–H and O–H groups in total. The molecule has 1 aliphatic carbocycles. The molecule has 0 aromatic heterocycles. The molecule has 1 saturated carbocycles. The van der Waals surface area contributed by atoms with Crippen LogP contribution in [0.15, 0.2) is 48.5 Å². The fourth-order valence-corrected chi connectivity index (χ4v) is 4.36. The number of amides is 1. The number of benzene rings is 2. The van der Waals surface area contributed by atoms with Crippen LogP contribution in [0.3, 0.4) is 0 Å². The number of hydrogen-bond acceptors (Lipinski definition) is 4. The molecule has 1 fully saturated rings. The molecule has 5 heteroatoms. The normalized spacial score (nSPS) is 22.0. The van der Waals surface area contributed by atoms with Crippen LogP contribution in [0.2, 0.25) is 0 Å². The van der Waals surface area contributed by atoms with Crippen LogP contribution in [0.1, 0.15) is 47.9 Å². The number of rotatable bonds is 9. The van der Waals surface area contributed by atoms with Gasteiger partial charge in [0.05, 0.1) is 24.9 Å². The van der Waals surface area contributed by atoms with Gasteiger partial charge in [-0.25, -0.2) is 0 Å². The third kappa shape index (κ3) is 4.98. The second-order valence-electron chi connectivity index (χ2n) is 7.71. The molecule has 3 rings (SSSR count). The lowest BCUT2D eigenvalue weighted by molar-refractivity contribution is -0.109. The summed E-state index contributed by atoms with van der Waals surface area (Å²) in [5, 5.41) is 6.33. The average molecular weight is 382 g/mol. The van der Waals surface area contributed by atoms with E-state index >= 15 is 0 Å². The molecular weight excluding hydrogens is 350 g/mol. The predicted molar refractivity (Wildman–Crippen MR) is 111 cm³/mol. The van der Waals surface area contributed by atoms with Crippen molar-refractivity contribution in [2.24, 2.45) is 0 Å². The summed E-state index contributed by atoms with van der Waals surface area (Å²) in [5.74, 6) is 0. The van der Waals surface area contributed by atoms with E-state index in [1.165, 1.54) is 22.3 Å². The molecule has 0 aliphatic heterocycles. The van der Waals surface area contributed by atoms with E-state index in [0.717, 1.165) is 32.1 Å². The van der Waals surface area contributed by atoms with E-state index in [9.17, 15) is 4.79 Å². The fraction of sp³-hybridized carbons (Fsp3) is 0.435. The van der Waals surface area contributed by atoms with Crippen molar-refractivity contribution in [1.82, 2.24) is 16.1 Å². The fourth-order valence-electron chi connectivity index (χ4n) is 4.36. The molecule has 2 atom stereocenters. The average Bonchev–Trinajstić information content (AvgIpc) is 2.69. The minimum atomic E-state index is -0.280. The highest BCUT2D eigenvalue weighted by Gasteiger charge is 2.42. The monoisotopic (exact) mass is 381 g/mol. The minimum absolute atomic E-state index is 0.114. The van der Waals surface area contributed by atoms with Crippen LogP contribution in [-0.2, 0) is 21.8 Å². The molecule has 0 radical (unpaired) electrons. The predicted octanol–water partition coefficient (Wildman–Crippen LogP) is 3.46. The Balaban J connectivity index is 1.74. The van der Waals surface area contributed by atoms with Crippen LogP contribution in [0.5, 0.6) is 0 Å². The number of carbonyl (C=O) groups is 1. The SMILES string of the molecule is Cc1cc(C)cc(CONC2CCCCC2(NCNC=O)c2ccccc2)c1. The zero-order chi connectivity index (χ0) is 19.8. The Kier molecular flexibility index (Phi) is 7.20. The molecule has 1 aliphatic rings. The quantitative estimate of drug-likeness (QED) is 0.269. The highest BCUT2D eigenvalue weighted by atomic mass is 16.6. The van der Waals surface area contributed by atoms with E-state index in [1.54, 1.807) is 0 Å². The van der Waals surface area contributed by atoms with Gasteiger partial charge >= 0.3 is 0 Å². The first-order valence-electron chi connectivity index (χ1n) is 10.1. The molecule has 150 valence electrons. The number of hydrogen-bond donors (Lipinski definition) is 3. The third-order valence-corrected chi connectivity index (χ3v) is 5.53. The van der Waals surface area contributed by atoms with Gasteiger partial charge in [0, 0.05) is 0 Å². The van der Waals surface area contributed by atoms with Gasteiger partial charge in [-0.2, -0.15) is 5.48 Å². The molecule has 0 spiro atoms. The Morgan fingerprint density at radius 2 is 1.86 bits per heavy atom. The molecule has 0 saturated heterocycles. The summed E-state index contributed by atoms with van der Waals surface area (Å²) < 4.78 is 0. The van der Waals surface area contributed by atoms with Crippen molar-refractivity contribution in [2.45, 2.75) is 57.7 Å². The van der Waals surface area contributed by atoms with Crippen LogP contribution in [-0.4, -0.2) is 19.1 Å². The maximum atomic E-state index is 10.8. The van der Waals surface area contributed by atoms with Gasteiger partial charge < -0.3 is 5.32 Å². The first-order chi connectivity index (χ1) is 13.6. The first kappa shape index (κ1) is 20.5. The lowest BCUT2D eigenvalue weighted by atomic mass is 9.73. The molecule has 2 aromatic carbocycles. The van der Waals surface area contributed by atoms with Crippen LogP contribution in [0.25, 0.3) is 0 Å². The molecule has 0 bridgehead atoms. The van der Waals surface area contributed by atoms with Gasteiger partial charge in [0.15, 0.2) is 0 Å². The number of aryl methyl sites for hydroxylation is 2. The van der Waals surface area contributed by atoms with E-state index in [-0.39, 0.29) is 11.6 Å². The lowest BCUT2D eigenvalue weighted by Gasteiger charge is -2.45. The van der Waals surface area contributed by atoms with Gasteiger partial charge in [-0.1, -0.05) is 72.5 Å². The molecular formula is C23H31N3O2. The van der Waals surface area contributed by atoms with Crippen LogP contribution in [0.4, 0.5) is 0 Å². The lowest BCUT2D eigenvalue weighted by Crippen LogP contribution is -2.60. The second kappa shape index (κ2) is 9.82. The molecule has 2 aromatic rings. The Morgan fingerprint density at radius 1 is 1.11 bits per heavy atom. The smallest absolute Gasteiger partial charge is 0.208 e. The first-order valence-corrected chi connectivity index (χ1v) is 10.1. The maximum absolute atomic E-state index is 10.8. The van der Waals surface area contributed by atoms with Crippen molar-refractivity contribution in [1.29, 1.82) is 0 Å². The van der Waals surface area contributed by atoms with Crippen molar-refractivity contribution >= 4 is 6.41 Å². The van der Waals surface area contributed by atoms with Crippen molar-refractivity contribution in [3.8, 4) is 0 Å². The molecule has 1 amide bonds. The number of nitrogens with one attached hydrogen (secondary N) is 3. The van der Waals surface area contributed by atoms with E-state index in [2.05, 4.69) is 72.4 Å². The number of hydroxylamine groups is 1. The van der Waals surface area contributed by atoms with E-state index in [1.807, 2.05) is 6.07 Å². The largest absolute Gasteiger partial charge is 0.346 e. The molecule has 0 heterocycles. The molecule has 5 nitrogen and oxygen atoms in total. The molecule has 28 heavy (non-hydrogen) atoms. The zero-order valence-corrected chi connectivity index (χ0v) is 16.8. The molecule has 2 unspecified atom stereocenters. The maximum Gasteiger partial charge on any atom is 0.208 e. The van der Waals surface area contributed by atoms with Crippen molar-refractivity contribution in [2.75, 3.05) is 6.67 Å². The van der Waals surface area contributed by atoms with Crippen LogP contribution in [0, 0.1) is 13.8 Å². The Bertz CT molecular complexity index is 745. The van der Waals surface area contributed by atoms with Gasteiger partial charge in [-0.15, -0.1) is 0 Å². The summed E-state index contributed by atoms with van der Waals surface area (Å²) in [6, 6.07) is 17.1. The topological polar surface area (TPSA) is 62.4 Å². The highest BCUT2D eigenvalue weighted by Crippen LogP contribution is 2.37. The van der Waals surface area contributed by atoms with E-state index in [0.29, 0.717) is 13.3 Å². The zero-order valence-electron chi connectivity index (χ0n) is 16.8. The van der Waals surface area contributed by atoms with Gasteiger partial charge in [-0.05, 0) is 37.8 Å². The van der Waals surface area contributed by atoms with Crippen molar-refractivity contribution in [3.05, 3.63) is 70.8 Å². The second-order valence-corrected chi connectivity index (χ2v) is 7.71. The Hall–Kier alpha value is -2.21. The van der Waals surface area contributed by atoms with Gasteiger partial charge in [-0.3, -0.25) is 14.9 Å². The van der Waals surface area contributed by atoms with Crippen molar-refractivity contribution in [3.63, 3.8) is 0 Å². The summed E-state index contributed by atoms with van der Waals surface area (Å²) in [6.45, 7) is 5.16. The highest BCUT2D eigenvalue weighted by molar-refractivity contribution is 5.45. The summed E-state index contributed by atoms with van der Waals surface area (Å²) in [7, 11) is 0. The minimum Gasteiger partial charge on any atom is -0.346 e. The summed E-state index contributed by atoms with van der Waals surface area (Å²) in [6.07, 6.45) is 5.02. The Morgan fingerprint density at radius 3 is 2.57 bits per heavy atom. The van der Waals surface area contributed by atoms with Gasteiger partial charge in [0.2, 0.25) is 6.41 Å². The summed E-state index contributed by atoms with van der Waals surface area (Å²) in [4.78, 5) is 16.7. The van der Waals surface area contributed by atoms with Crippen molar-refractivity contribution < 1.29 is 9.63 Å². The van der Waals surface area contributed by atoms with E-state index < -0.39 is 0 Å². The summed E-state index contributed by atoms with van der Waals surface area (Å²) in [5.41, 5.74) is 7.95. The third-order valence-electron chi connectivity index (χ3n) is 5.53. The van der Waals surface area contributed by atoms with Crippen LogP contribution < -0.4 is 16.1 Å². The van der Waals surface area contributed by atoms with Gasteiger partial charge in [0.25, 0.3) is 0 Å². The van der Waals surface area contributed by atoms with E-state index in [4.69, 9.17) is 4.84 Å².